The second-order valence-electron chi connectivity index (χ2n) is 4.20. The largest absolute Gasteiger partial charge is 0.335 e. The molecule has 1 atom stereocenters. The van der Waals surface area contributed by atoms with Crippen LogP contribution in [0.1, 0.15) is 19.2 Å². The summed E-state index contributed by atoms with van der Waals surface area (Å²) in [4.78, 5) is 4.23. The van der Waals surface area contributed by atoms with Crippen LogP contribution in [0.2, 0.25) is 0 Å². The van der Waals surface area contributed by atoms with E-state index in [1.54, 1.807) is 6.20 Å². The highest BCUT2D eigenvalue weighted by atomic mass is 32.2. The zero-order valence-electron chi connectivity index (χ0n) is 10.3. The number of aryl methyl sites for hydroxylation is 1. The summed E-state index contributed by atoms with van der Waals surface area (Å²) in [5, 5.41) is 0. The Bertz CT molecular complexity index is 441. The van der Waals surface area contributed by atoms with Crippen molar-refractivity contribution in [2.45, 2.75) is 32.4 Å². The van der Waals surface area contributed by atoms with E-state index in [9.17, 15) is 8.42 Å². The van der Waals surface area contributed by atoms with Gasteiger partial charge in [-0.25, -0.2) is 13.4 Å². The maximum absolute atomic E-state index is 11.2. The number of sulfone groups is 1. The molecule has 17 heavy (non-hydrogen) atoms. The van der Waals surface area contributed by atoms with Crippen LogP contribution in [0, 0.1) is 0 Å². The van der Waals surface area contributed by atoms with Crippen LogP contribution in [0.25, 0.3) is 0 Å². The number of imidazole rings is 1. The third-order valence-corrected chi connectivity index (χ3v) is 3.44. The summed E-state index contributed by atoms with van der Waals surface area (Å²) in [6.45, 7) is 2.96. The Morgan fingerprint density at radius 2 is 2.29 bits per heavy atom. The topological polar surface area (TPSA) is 90.0 Å². The highest BCUT2D eigenvalue weighted by Gasteiger charge is 2.16. The van der Waals surface area contributed by atoms with Crippen molar-refractivity contribution in [2.24, 2.45) is 5.84 Å². The third-order valence-electron chi connectivity index (χ3n) is 2.43. The first kappa shape index (κ1) is 14.1. The molecule has 0 amide bonds. The maximum Gasteiger partial charge on any atom is 0.149 e. The van der Waals surface area contributed by atoms with E-state index in [0.717, 1.165) is 18.8 Å². The van der Waals surface area contributed by atoms with E-state index in [4.69, 9.17) is 5.84 Å². The molecule has 0 saturated carbocycles. The van der Waals surface area contributed by atoms with Gasteiger partial charge in [-0.3, -0.25) is 11.3 Å². The molecule has 0 aromatic carbocycles. The summed E-state index contributed by atoms with van der Waals surface area (Å²) >= 11 is 0. The Morgan fingerprint density at radius 3 is 2.82 bits per heavy atom. The lowest BCUT2D eigenvalue weighted by Crippen LogP contribution is -2.42. The molecule has 0 saturated heterocycles. The van der Waals surface area contributed by atoms with Gasteiger partial charge in [-0.15, -0.1) is 0 Å². The summed E-state index contributed by atoms with van der Waals surface area (Å²) < 4.78 is 24.5. The van der Waals surface area contributed by atoms with Gasteiger partial charge in [0.15, 0.2) is 0 Å². The zero-order valence-corrected chi connectivity index (χ0v) is 11.1. The van der Waals surface area contributed by atoms with Crippen LogP contribution in [0.15, 0.2) is 12.4 Å². The van der Waals surface area contributed by atoms with Crippen molar-refractivity contribution in [1.82, 2.24) is 15.0 Å². The summed E-state index contributed by atoms with van der Waals surface area (Å²) in [6, 6.07) is -0.303. The standard InChI is InChI=1S/C10H20N4O2S/c1-3-5-14-6-4-12-10(14)7-9(13-11)8-17(2,15)16/h4,6,9,13H,3,5,7-8,11H2,1-2H3. The van der Waals surface area contributed by atoms with E-state index in [1.807, 2.05) is 10.8 Å². The molecule has 0 radical (unpaired) electrons. The fraction of sp³-hybridized carbons (Fsp3) is 0.700. The van der Waals surface area contributed by atoms with Gasteiger partial charge in [-0.2, -0.15) is 0 Å². The fourth-order valence-corrected chi connectivity index (χ4v) is 2.67. The molecular weight excluding hydrogens is 240 g/mol. The van der Waals surface area contributed by atoms with Crippen LogP contribution < -0.4 is 11.3 Å². The molecule has 1 heterocycles. The molecule has 0 spiro atoms. The molecule has 98 valence electrons. The monoisotopic (exact) mass is 260 g/mol. The molecule has 7 heteroatoms. The lowest BCUT2D eigenvalue weighted by Gasteiger charge is -2.15. The molecule has 0 aliphatic heterocycles. The van der Waals surface area contributed by atoms with Gasteiger partial charge in [-0.1, -0.05) is 6.92 Å². The van der Waals surface area contributed by atoms with Crippen LogP contribution in [0.3, 0.4) is 0 Å². The van der Waals surface area contributed by atoms with E-state index in [-0.39, 0.29) is 11.8 Å². The Kier molecular flexibility index (Phi) is 5.10. The Morgan fingerprint density at radius 1 is 1.59 bits per heavy atom. The lowest BCUT2D eigenvalue weighted by atomic mass is 10.2. The third kappa shape index (κ3) is 4.84. The van der Waals surface area contributed by atoms with Crippen LogP contribution in [-0.4, -0.2) is 36.0 Å². The predicted octanol–water partition coefficient (Wildman–Crippen LogP) is -0.288. The normalized spacial score (nSPS) is 13.8. The average molecular weight is 260 g/mol. The van der Waals surface area contributed by atoms with Gasteiger partial charge < -0.3 is 4.57 Å². The molecule has 0 aliphatic carbocycles. The van der Waals surface area contributed by atoms with E-state index < -0.39 is 9.84 Å². The smallest absolute Gasteiger partial charge is 0.149 e. The molecule has 6 nitrogen and oxygen atoms in total. The fourth-order valence-electron chi connectivity index (χ4n) is 1.73. The average Bonchev–Trinajstić information content (AvgIpc) is 2.63. The lowest BCUT2D eigenvalue weighted by molar-refractivity contribution is 0.520. The molecule has 3 N–H and O–H groups in total. The summed E-state index contributed by atoms with van der Waals surface area (Å²) in [5.41, 5.74) is 2.53. The van der Waals surface area contributed by atoms with Gasteiger partial charge in [0.05, 0.1) is 5.75 Å². The quantitative estimate of drug-likeness (QED) is 0.519. The first-order chi connectivity index (χ1) is 7.96. The molecular formula is C10H20N4O2S. The minimum absolute atomic E-state index is 0.0164. The number of hydrogen-bond acceptors (Lipinski definition) is 5. The minimum atomic E-state index is -3.04. The molecule has 1 rings (SSSR count). The number of nitrogens with one attached hydrogen (secondary N) is 1. The van der Waals surface area contributed by atoms with Crippen molar-refractivity contribution < 1.29 is 8.42 Å². The van der Waals surface area contributed by atoms with E-state index >= 15 is 0 Å². The molecule has 1 aromatic heterocycles. The van der Waals surface area contributed by atoms with Crippen LogP contribution >= 0.6 is 0 Å². The van der Waals surface area contributed by atoms with Gasteiger partial charge in [-0.05, 0) is 6.42 Å². The molecule has 1 aromatic rings. The predicted molar refractivity (Wildman–Crippen MR) is 67.0 cm³/mol. The van der Waals surface area contributed by atoms with Crippen LogP contribution in [0.4, 0.5) is 0 Å². The van der Waals surface area contributed by atoms with Crippen molar-refractivity contribution >= 4 is 9.84 Å². The maximum atomic E-state index is 11.2. The van der Waals surface area contributed by atoms with E-state index in [0.29, 0.717) is 6.42 Å². The Balaban J connectivity index is 2.70. The minimum Gasteiger partial charge on any atom is -0.335 e. The first-order valence-electron chi connectivity index (χ1n) is 5.60. The molecule has 0 fully saturated rings. The molecule has 0 aliphatic rings. The highest BCUT2D eigenvalue weighted by molar-refractivity contribution is 7.90. The zero-order chi connectivity index (χ0) is 12.9. The van der Waals surface area contributed by atoms with Gasteiger partial charge in [0.2, 0.25) is 0 Å². The number of nitrogens with zero attached hydrogens (tertiary/aromatic N) is 2. The highest BCUT2D eigenvalue weighted by Crippen LogP contribution is 2.04. The second kappa shape index (κ2) is 6.13. The van der Waals surface area contributed by atoms with E-state index in [1.165, 1.54) is 6.26 Å². The molecule has 1 unspecified atom stereocenters. The first-order valence-corrected chi connectivity index (χ1v) is 7.66. The number of hydrazine groups is 1. The van der Waals surface area contributed by atoms with Crippen molar-refractivity contribution in [2.75, 3.05) is 12.0 Å². The number of rotatable bonds is 7. The number of aromatic nitrogens is 2. The second-order valence-corrected chi connectivity index (χ2v) is 6.38. The SMILES string of the molecule is CCCn1ccnc1CC(CS(C)(=O)=O)NN. The Labute approximate surface area is 102 Å². The van der Waals surface area contributed by atoms with Crippen molar-refractivity contribution in [1.29, 1.82) is 0 Å². The van der Waals surface area contributed by atoms with Crippen molar-refractivity contribution in [3.05, 3.63) is 18.2 Å². The van der Waals surface area contributed by atoms with Gasteiger partial charge in [0.1, 0.15) is 15.7 Å². The summed E-state index contributed by atoms with van der Waals surface area (Å²) in [7, 11) is -3.04. The molecule has 0 bridgehead atoms. The van der Waals surface area contributed by atoms with Crippen LogP contribution in [-0.2, 0) is 22.8 Å². The van der Waals surface area contributed by atoms with E-state index in [2.05, 4.69) is 17.3 Å². The van der Waals surface area contributed by atoms with Crippen molar-refractivity contribution in [3.8, 4) is 0 Å². The number of hydrogen-bond donors (Lipinski definition) is 2. The van der Waals surface area contributed by atoms with Gasteiger partial charge in [0.25, 0.3) is 0 Å². The van der Waals surface area contributed by atoms with Gasteiger partial charge in [0, 0.05) is 37.7 Å². The summed E-state index contributed by atoms with van der Waals surface area (Å²) in [6.07, 6.45) is 6.34. The number of nitrogens with two attached hydrogens (primary N) is 1. The van der Waals surface area contributed by atoms with Crippen molar-refractivity contribution in [3.63, 3.8) is 0 Å². The van der Waals surface area contributed by atoms with Gasteiger partial charge >= 0.3 is 0 Å². The van der Waals surface area contributed by atoms with Crippen LogP contribution in [0.5, 0.6) is 0 Å². The Hall–Kier alpha value is -0.920. The summed E-state index contributed by atoms with van der Waals surface area (Å²) in [5.74, 6) is 6.25.